The highest BCUT2D eigenvalue weighted by atomic mass is 16.5. The summed E-state index contributed by atoms with van der Waals surface area (Å²) in [6, 6.07) is 5.80. The van der Waals surface area contributed by atoms with Gasteiger partial charge in [-0.1, -0.05) is 0 Å². The van der Waals surface area contributed by atoms with Crippen molar-refractivity contribution in [3.05, 3.63) is 23.9 Å². The van der Waals surface area contributed by atoms with Gasteiger partial charge in [-0.2, -0.15) is 0 Å². The first-order chi connectivity index (χ1) is 10.2. The fourth-order valence-corrected chi connectivity index (χ4v) is 2.31. The van der Waals surface area contributed by atoms with Crippen LogP contribution in [0, 0.1) is 0 Å². The summed E-state index contributed by atoms with van der Waals surface area (Å²) in [6.07, 6.45) is 0. The Balaban J connectivity index is 2.71. The first-order valence-corrected chi connectivity index (χ1v) is 7.14. The summed E-state index contributed by atoms with van der Waals surface area (Å²) in [4.78, 5) is 4.67. The van der Waals surface area contributed by atoms with Crippen LogP contribution in [0.1, 0.15) is 19.5 Å². The molecule has 21 heavy (non-hydrogen) atoms. The van der Waals surface area contributed by atoms with E-state index < -0.39 is 0 Å². The van der Waals surface area contributed by atoms with E-state index in [9.17, 15) is 0 Å². The van der Waals surface area contributed by atoms with Crippen molar-refractivity contribution in [3.63, 3.8) is 0 Å². The van der Waals surface area contributed by atoms with E-state index in [-0.39, 0.29) is 0 Å². The van der Waals surface area contributed by atoms with Crippen molar-refractivity contribution in [1.82, 2.24) is 4.98 Å². The summed E-state index contributed by atoms with van der Waals surface area (Å²) >= 11 is 0. The van der Waals surface area contributed by atoms with E-state index in [1.54, 1.807) is 7.11 Å². The monoisotopic (exact) mass is 290 g/mol. The van der Waals surface area contributed by atoms with Gasteiger partial charge in [0.05, 0.1) is 30.9 Å². The van der Waals surface area contributed by atoms with E-state index in [0.29, 0.717) is 19.8 Å². The maximum absolute atomic E-state index is 5.73. The van der Waals surface area contributed by atoms with Gasteiger partial charge in [-0.15, -0.1) is 0 Å². The number of pyridine rings is 1. The van der Waals surface area contributed by atoms with Crippen LogP contribution in [0.3, 0.4) is 0 Å². The molecule has 0 radical (unpaired) electrons. The fraction of sp³-hybridized carbons (Fsp3) is 0.438. The first-order valence-electron chi connectivity index (χ1n) is 7.14. The number of fused-ring (bicyclic) bond motifs is 1. The lowest BCUT2D eigenvalue weighted by molar-refractivity contribution is 0.182. The molecule has 0 atom stereocenters. The minimum absolute atomic E-state index is 0.453. The summed E-state index contributed by atoms with van der Waals surface area (Å²) < 4.78 is 16.6. The maximum Gasteiger partial charge on any atom is 0.145 e. The third-order valence-electron chi connectivity index (χ3n) is 3.10. The number of ether oxygens (including phenoxy) is 3. The molecule has 0 aliphatic carbocycles. The number of hydrogen-bond acceptors (Lipinski definition) is 5. The zero-order chi connectivity index (χ0) is 15.2. The lowest BCUT2D eigenvalue weighted by Crippen LogP contribution is -2.03. The molecule has 0 aliphatic heterocycles. The smallest absolute Gasteiger partial charge is 0.145 e. The normalized spacial score (nSPS) is 10.7. The van der Waals surface area contributed by atoms with Gasteiger partial charge in [-0.05, 0) is 32.0 Å². The molecule has 0 saturated heterocycles. The molecule has 2 rings (SSSR count). The zero-order valence-electron chi connectivity index (χ0n) is 13.0. The largest absolute Gasteiger partial charge is 0.493 e. The van der Waals surface area contributed by atoms with Crippen LogP contribution in [0.5, 0.6) is 11.5 Å². The Morgan fingerprint density at radius 3 is 2.38 bits per heavy atom. The van der Waals surface area contributed by atoms with Gasteiger partial charge in [0, 0.05) is 19.8 Å². The Hall–Kier alpha value is -2.01. The second-order valence-electron chi connectivity index (χ2n) is 4.50. The number of nitrogens with zero attached hydrogens (tertiary/aromatic N) is 1. The van der Waals surface area contributed by atoms with Gasteiger partial charge in [0.15, 0.2) is 0 Å². The molecule has 1 N–H and O–H groups in total. The third kappa shape index (κ3) is 3.19. The van der Waals surface area contributed by atoms with Crippen LogP contribution in [0.15, 0.2) is 18.2 Å². The molecular formula is C16H22N2O3. The first kappa shape index (κ1) is 15.4. The van der Waals surface area contributed by atoms with Crippen molar-refractivity contribution in [3.8, 4) is 11.5 Å². The van der Waals surface area contributed by atoms with Crippen LogP contribution in [0.2, 0.25) is 0 Å². The highest BCUT2D eigenvalue weighted by Crippen LogP contribution is 2.37. The number of anilines is 1. The van der Waals surface area contributed by atoms with Crippen LogP contribution < -0.4 is 14.8 Å². The van der Waals surface area contributed by atoms with Crippen LogP contribution in [-0.4, -0.2) is 32.4 Å². The topological polar surface area (TPSA) is 52.6 Å². The molecular weight excluding hydrogens is 268 g/mol. The van der Waals surface area contributed by atoms with E-state index in [1.165, 1.54) is 0 Å². The van der Waals surface area contributed by atoms with Crippen molar-refractivity contribution >= 4 is 16.6 Å². The van der Waals surface area contributed by atoms with Crippen LogP contribution in [0.4, 0.5) is 5.69 Å². The predicted molar refractivity (Wildman–Crippen MR) is 84.3 cm³/mol. The number of aromatic nitrogens is 1. The minimum atomic E-state index is 0.453. The predicted octanol–water partition coefficient (Wildman–Crippen LogP) is 3.22. The molecule has 0 spiro atoms. The van der Waals surface area contributed by atoms with E-state index in [0.717, 1.165) is 33.8 Å². The Labute approximate surface area is 125 Å². The zero-order valence-corrected chi connectivity index (χ0v) is 13.0. The summed E-state index contributed by atoms with van der Waals surface area (Å²) in [7, 11) is 3.54. The van der Waals surface area contributed by atoms with E-state index in [1.807, 2.05) is 39.1 Å². The molecule has 0 bridgehead atoms. The highest BCUT2D eigenvalue weighted by Gasteiger charge is 2.15. The van der Waals surface area contributed by atoms with E-state index in [4.69, 9.17) is 14.2 Å². The minimum Gasteiger partial charge on any atom is -0.493 e. The SMILES string of the molecule is CCOc1ccc(OCC)c2c(NC)cc(COC)nc12. The van der Waals surface area contributed by atoms with Crippen LogP contribution in [-0.2, 0) is 11.3 Å². The van der Waals surface area contributed by atoms with Gasteiger partial charge in [0.2, 0.25) is 0 Å². The molecule has 114 valence electrons. The Morgan fingerprint density at radius 1 is 1.10 bits per heavy atom. The average molecular weight is 290 g/mol. The van der Waals surface area contributed by atoms with Crippen molar-refractivity contribution in [2.75, 3.05) is 32.7 Å². The van der Waals surface area contributed by atoms with Crippen molar-refractivity contribution < 1.29 is 14.2 Å². The number of rotatable bonds is 7. The summed E-state index contributed by atoms with van der Waals surface area (Å²) in [6.45, 7) is 5.57. The van der Waals surface area contributed by atoms with Crippen molar-refractivity contribution in [2.24, 2.45) is 0 Å². The molecule has 0 unspecified atom stereocenters. The average Bonchev–Trinajstić information content (AvgIpc) is 2.49. The van der Waals surface area contributed by atoms with Gasteiger partial charge in [-0.3, -0.25) is 0 Å². The molecule has 5 nitrogen and oxygen atoms in total. The molecule has 1 heterocycles. The lowest BCUT2D eigenvalue weighted by atomic mass is 10.1. The number of methoxy groups -OCH3 is 1. The summed E-state index contributed by atoms with van der Waals surface area (Å²) in [5.41, 5.74) is 2.60. The molecule has 1 aromatic heterocycles. The molecule has 0 amide bonds. The van der Waals surface area contributed by atoms with E-state index >= 15 is 0 Å². The summed E-state index contributed by atoms with van der Waals surface area (Å²) in [5.74, 6) is 1.56. The quantitative estimate of drug-likeness (QED) is 0.848. The highest BCUT2D eigenvalue weighted by molar-refractivity contribution is 5.99. The Bertz CT molecular complexity index is 614. The fourth-order valence-electron chi connectivity index (χ4n) is 2.31. The molecule has 0 aliphatic rings. The second kappa shape index (κ2) is 7.13. The second-order valence-corrected chi connectivity index (χ2v) is 4.50. The van der Waals surface area contributed by atoms with E-state index in [2.05, 4.69) is 10.3 Å². The van der Waals surface area contributed by atoms with Gasteiger partial charge < -0.3 is 19.5 Å². The lowest BCUT2D eigenvalue weighted by Gasteiger charge is -2.16. The Kier molecular flexibility index (Phi) is 5.22. The third-order valence-corrected chi connectivity index (χ3v) is 3.10. The standard InChI is InChI=1S/C16H22N2O3/c1-5-20-13-7-8-14(21-6-2)16-15(13)12(17-3)9-11(18-16)10-19-4/h7-9H,5-6,10H2,1-4H3,(H,17,18). The van der Waals surface area contributed by atoms with Gasteiger partial charge in [0.25, 0.3) is 0 Å². The van der Waals surface area contributed by atoms with Gasteiger partial charge in [0.1, 0.15) is 17.0 Å². The van der Waals surface area contributed by atoms with Gasteiger partial charge in [-0.25, -0.2) is 4.98 Å². The number of benzene rings is 1. The molecule has 0 fully saturated rings. The molecule has 0 saturated carbocycles. The number of nitrogens with one attached hydrogen (secondary N) is 1. The number of hydrogen-bond donors (Lipinski definition) is 1. The molecule has 2 aromatic rings. The van der Waals surface area contributed by atoms with Crippen molar-refractivity contribution in [2.45, 2.75) is 20.5 Å². The molecule has 5 heteroatoms. The van der Waals surface area contributed by atoms with Crippen molar-refractivity contribution in [1.29, 1.82) is 0 Å². The summed E-state index contributed by atoms with van der Waals surface area (Å²) in [5, 5.41) is 4.14. The van der Waals surface area contributed by atoms with Gasteiger partial charge >= 0.3 is 0 Å². The maximum atomic E-state index is 5.73. The van der Waals surface area contributed by atoms with Crippen LogP contribution in [0.25, 0.3) is 10.9 Å². The van der Waals surface area contributed by atoms with Crippen LogP contribution >= 0.6 is 0 Å². The Morgan fingerprint density at radius 2 is 1.76 bits per heavy atom. The molecule has 1 aromatic carbocycles.